The molecule has 0 aromatic carbocycles. The van der Waals surface area contributed by atoms with E-state index in [0.717, 1.165) is 0 Å². The topological polar surface area (TPSA) is 75.4 Å². The molecule has 0 saturated carbocycles. The van der Waals surface area contributed by atoms with Gasteiger partial charge in [-0.05, 0) is 13.8 Å². The van der Waals surface area contributed by atoms with Gasteiger partial charge in [-0.3, -0.25) is 9.59 Å². The molecule has 5 nitrogen and oxygen atoms in total. The lowest BCUT2D eigenvalue weighted by Crippen LogP contribution is -2.33. The van der Waals surface area contributed by atoms with Gasteiger partial charge in [-0.15, -0.1) is 0 Å². The molecule has 2 amide bonds. The third-order valence-corrected chi connectivity index (χ3v) is 3.11. The zero-order valence-electron chi connectivity index (χ0n) is 8.87. The summed E-state index contributed by atoms with van der Waals surface area (Å²) in [6.07, 6.45) is 0. The van der Waals surface area contributed by atoms with Crippen LogP contribution in [0.1, 0.15) is 13.8 Å². The summed E-state index contributed by atoms with van der Waals surface area (Å²) in [5.74, 6) is 0.0569. The van der Waals surface area contributed by atoms with Crippen LogP contribution in [0.15, 0.2) is 10.7 Å². The molecule has 0 aliphatic carbocycles. The second kappa shape index (κ2) is 5.06. The van der Waals surface area contributed by atoms with Crippen molar-refractivity contribution in [3.63, 3.8) is 0 Å². The van der Waals surface area contributed by atoms with Gasteiger partial charge in [0.2, 0.25) is 5.91 Å². The molecule has 15 heavy (non-hydrogen) atoms. The van der Waals surface area contributed by atoms with Crippen molar-refractivity contribution < 1.29 is 9.59 Å². The first-order chi connectivity index (χ1) is 7.11. The van der Waals surface area contributed by atoms with Gasteiger partial charge in [-0.25, -0.2) is 0 Å². The number of hydrogen-bond acceptors (Lipinski definition) is 4. The lowest BCUT2D eigenvalue weighted by molar-refractivity contribution is -0.125. The average molecular weight is 229 g/mol. The quantitative estimate of drug-likeness (QED) is 0.660. The highest BCUT2D eigenvalue weighted by Crippen LogP contribution is 2.29. The summed E-state index contributed by atoms with van der Waals surface area (Å²) in [6.45, 7) is 4.74. The maximum absolute atomic E-state index is 11.5. The van der Waals surface area contributed by atoms with Crippen LogP contribution in [0.2, 0.25) is 0 Å². The van der Waals surface area contributed by atoms with E-state index in [1.165, 1.54) is 16.7 Å². The largest absolute Gasteiger partial charge is 0.392 e. The molecular formula is C9H15N3O2S. The molecule has 6 heteroatoms. The number of carbonyl (C=O) groups is 2. The van der Waals surface area contributed by atoms with Crippen LogP contribution in [0.3, 0.4) is 0 Å². The van der Waals surface area contributed by atoms with E-state index >= 15 is 0 Å². The van der Waals surface area contributed by atoms with Gasteiger partial charge in [0.1, 0.15) is 10.7 Å². The van der Waals surface area contributed by atoms with Crippen molar-refractivity contribution in [3.05, 3.63) is 10.7 Å². The van der Waals surface area contributed by atoms with Crippen molar-refractivity contribution in [2.75, 3.05) is 18.8 Å². The Balaban J connectivity index is 2.88. The Morgan fingerprint density at radius 1 is 1.60 bits per heavy atom. The van der Waals surface area contributed by atoms with E-state index in [9.17, 15) is 9.59 Å². The fourth-order valence-corrected chi connectivity index (χ4v) is 2.35. The van der Waals surface area contributed by atoms with Crippen LogP contribution < -0.4 is 11.1 Å². The van der Waals surface area contributed by atoms with Crippen LogP contribution in [0, 0.1) is 0 Å². The summed E-state index contributed by atoms with van der Waals surface area (Å²) in [6, 6.07) is 0. The molecule has 1 aliphatic heterocycles. The maximum atomic E-state index is 11.5. The third-order valence-electron chi connectivity index (χ3n) is 2.01. The number of nitrogens with two attached hydrogens (primary N) is 1. The first-order valence-corrected chi connectivity index (χ1v) is 5.81. The lowest BCUT2D eigenvalue weighted by Gasteiger charge is -2.16. The van der Waals surface area contributed by atoms with Gasteiger partial charge in [-0.2, -0.15) is 0 Å². The zero-order valence-corrected chi connectivity index (χ0v) is 9.69. The van der Waals surface area contributed by atoms with Crippen LogP contribution >= 0.6 is 11.8 Å². The number of rotatable bonds is 3. The summed E-state index contributed by atoms with van der Waals surface area (Å²) in [5.41, 5.74) is 5.82. The minimum absolute atomic E-state index is 0.00440. The Labute approximate surface area is 93.1 Å². The van der Waals surface area contributed by atoms with E-state index in [1.807, 2.05) is 13.8 Å². The molecule has 0 spiro atoms. The van der Waals surface area contributed by atoms with Crippen LogP contribution in [0.5, 0.6) is 0 Å². The van der Waals surface area contributed by atoms with Crippen LogP contribution in [-0.2, 0) is 9.59 Å². The van der Waals surface area contributed by atoms with Gasteiger partial charge in [-0.1, -0.05) is 11.8 Å². The summed E-state index contributed by atoms with van der Waals surface area (Å²) < 4.78 is 0. The van der Waals surface area contributed by atoms with Crippen molar-refractivity contribution in [3.8, 4) is 0 Å². The first kappa shape index (κ1) is 11.9. The van der Waals surface area contributed by atoms with Gasteiger partial charge in [0.15, 0.2) is 0 Å². The van der Waals surface area contributed by atoms with Gasteiger partial charge >= 0.3 is 0 Å². The Kier molecular flexibility index (Phi) is 4.02. The number of nitrogens with zero attached hydrogens (tertiary/aromatic N) is 1. The minimum Gasteiger partial charge on any atom is -0.392 e. The van der Waals surface area contributed by atoms with E-state index in [-0.39, 0.29) is 17.5 Å². The molecule has 0 aromatic heterocycles. The minimum atomic E-state index is -0.312. The molecule has 3 N–H and O–H groups in total. The van der Waals surface area contributed by atoms with Crippen molar-refractivity contribution >= 4 is 23.6 Å². The smallest absolute Gasteiger partial charge is 0.269 e. The highest BCUT2D eigenvalue weighted by Gasteiger charge is 2.29. The predicted molar refractivity (Wildman–Crippen MR) is 59.7 cm³/mol. The highest BCUT2D eigenvalue weighted by atomic mass is 32.2. The molecule has 84 valence electrons. The SMILES string of the molecule is CCNC(=O)/C(N)=C1\SCC(=O)N1CC. The fraction of sp³-hybridized carbons (Fsp3) is 0.556. The van der Waals surface area contributed by atoms with E-state index in [1.54, 1.807) is 0 Å². The van der Waals surface area contributed by atoms with E-state index in [0.29, 0.717) is 23.9 Å². The number of nitrogens with one attached hydrogen (secondary N) is 1. The molecule has 1 rings (SSSR count). The fourth-order valence-electron chi connectivity index (χ4n) is 1.30. The van der Waals surface area contributed by atoms with E-state index in [2.05, 4.69) is 5.32 Å². The van der Waals surface area contributed by atoms with E-state index < -0.39 is 0 Å². The second-order valence-corrected chi connectivity index (χ2v) is 3.97. The van der Waals surface area contributed by atoms with Crippen LogP contribution in [0.25, 0.3) is 0 Å². The van der Waals surface area contributed by atoms with Gasteiger partial charge in [0, 0.05) is 13.1 Å². The summed E-state index contributed by atoms with van der Waals surface area (Å²) in [5, 5.41) is 3.19. The standard InChI is InChI=1S/C9H15N3O2S/c1-3-11-8(14)7(10)9-12(4-2)6(13)5-15-9/h3-5,10H2,1-2H3,(H,11,14)/b9-7+. The third kappa shape index (κ3) is 2.44. The lowest BCUT2D eigenvalue weighted by atomic mass is 10.4. The predicted octanol–water partition coefficient (Wildman–Crippen LogP) is -0.154. The maximum Gasteiger partial charge on any atom is 0.269 e. The average Bonchev–Trinajstić information content (AvgIpc) is 2.58. The Hall–Kier alpha value is -1.17. The molecule has 0 radical (unpaired) electrons. The first-order valence-electron chi connectivity index (χ1n) is 4.82. The number of amides is 2. The summed E-state index contributed by atoms with van der Waals surface area (Å²) >= 11 is 1.32. The number of likely N-dealkylation sites (N-methyl/N-ethyl adjacent to an activating group) is 1. The van der Waals surface area contributed by atoms with Gasteiger partial charge in [0.05, 0.1) is 5.75 Å². The Morgan fingerprint density at radius 3 is 2.80 bits per heavy atom. The Bertz CT molecular complexity index is 314. The molecular weight excluding hydrogens is 214 g/mol. The number of hydrogen-bond donors (Lipinski definition) is 2. The van der Waals surface area contributed by atoms with Gasteiger partial charge < -0.3 is 16.0 Å². The molecule has 1 aliphatic rings. The molecule has 1 heterocycles. The number of thioether (sulfide) groups is 1. The molecule has 0 unspecified atom stereocenters. The molecule has 1 fully saturated rings. The van der Waals surface area contributed by atoms with Crippen molar-refractivity contribution in [2.24, 2.45) is 5.73 Å². The summed E-state index contributed by atoms with van der Waals surface area (Å²) in [7, 11) is 0. The van der Waals surface area contributed by atoms with E-state index in [4.69, 9.17) is 5.73 Å². The Morgan fingerprint density at radius 2 is 2.27 bits per heavy atom. The van der Waals surface area contributed by atoms with Crippen molar-refractivity contribution in [2.45, 2.75) is 13.8 Å². The highest BCUT2D eigenvalue weighted by molar-refractivity contribution is 8.04. The summed E-state index contributed by atoms with van der Waals surface area (Å²) in [4.78, 5) is 24.4. The normalized spacial score (nSPS) is 19.3. The van der Waals surface area contributed by atoms with Gasteiger partial charge in [0.25, 0.3) is 5.91 Å². The van der Waals surface area contributed by atoms with Crippen LogP contribution in [0.4, 0.5) is 0 Å². The number of carbonyl (C=O) groups excluding carboxylic acids is 2. The monoisotopic (exact) mass is 229 g/mol. The molecule has 1 saturated heterocycles. The molecule has 0 aromatic rings. The zero-order chi connectivity index (χ0) is 11.4. The second-order valence-electron chi connectivity index (χ2n) is 3.00. The van der Waals surface area contributed by atoms with Crippen molar-refractivity contribution in [1.82, 2.24) is 10.2 Å². The molecule has 0 bridgehead atoms. The molecule has 0 atom stereocenters. The van der Waals surface area contributed by atoms with Crippen molar-refractivity contribution in [1.29, 1.82) is 0 Å². The van der Waals surface area contributed by atoms with Crippen LogP contribution in [-0.4, -0.2) is 35.6 Å².